The number of carbonyl (C=O) groups is 2. The van der Waals surface area contributed by atoms with Crippen molar-refractivity contribution in [3.8, 4) is 0 Å². The predicted molar refractivity (Wildman–Crippen MR) is 51.4 cm³/mol. The number of nitrogens with one attached hydrogen (secondary N) is 1. The Labute approximate surface area is 86.7 Å². The highest BCUT2D eigenvalue weighted by molar-refractivity contribution is 5.97. The number of aromatic carboxylic acids is 1. The van der Waals surface area contributed by atoms with E-state index in [1.165, 1.54) is 12.1 Å². The first-order valence-electron chi connectivity index (χ1n) is 4.39. The third-order valence-electron chi connectivity index (χ3n) is 1.66. The van der Waals surface area contributed by atoms with Crippen LogP contribution in [0, 0.1) is 0 Å². The van der Waals surface area contributed by atoms with Gasteiger partial charge in [0.2, 0.25) is 0 Å². The second-order valence-corrected chi connectivity index (χ2v) is 2.68. The summed E-state index contributed by atoms with van der Waals surface area (Å²) in [5.74, 6) is -1.35. The van der Waals surface area contributed by atoms with E-state index < -0.39 is 12.1 Å². The van der Waals surface area contributed by atoms with Crippen LogP contribution in [-0.2, 0) is 4.74 Å². The number of hydrogen-bond acceptors (Lipinski definition) is 4. The van der Waals surface area contributed by atoms with Crippen molar-refractivity contribution in [1.29, 1.82) is 0 Å². The van der Waals surface area contributed by atoms with Gasteiger partial charge >= 0.3 is 6.09 Å². The Morgan fingerprint density at radius 3 is 2.67 bits per heavy atom. The quantitative estimate of drug-likeness (QED) is 0.789. The third-order valence-corrected chi connectivity index (χ3v) is 1.66. The molecule has 0 aliphatic heterocycles. The van der Waals surface area contributed by atoms with Gasteiger partial charge in [0.25, 0.3) is 0 Å². The van der Waals surface area contributed by atoms with E-state index in [4.69, 9.17) is 0 Å². The van der Waals surface area contributed by atoms with Crippen LogP contribution in [-0.4, -0.2) is 18.7 Å². The van der Waals surface area contributed by atoms with Crippen LogP contribution in [0.3, 0.4) is 0 Å². The topological polar surface area (TPSA) is 78.5 Å². The molecule has 0 unspecified atom stereocenters. The van der Waals surface area contributed by atoms with E-state index in [9.17, 15) is 14.7 Å². The average molecular weight is 208 g/mol. The standard InChI is InChI=1S/C10H11NO4/c1-2-15-10(14)11-8-6-4-3-5-7(8)9(12)13/h3-6H,2H2,1H3,(H,11,14)(H,12,13)/p-1. The first-order chi connectivity index (χ1) is 7.15. The van der Waals surface area contributed by atoms with Crippen LogP contribution in [0.1, 0.15) is 17.3 Å². The maximum absolute atomic E-state index is 11.0. The number of rotatable bonds is 3. The number of anilines is 1. The highest BCUT2D eigenvalue weighted by Gasteiger charge is 2.06. The molecule has 0 atom stereocenters. The minimum Gasteiger partial charge on any atom is -0.545 e. The molecule has 0 saturated heterocycles. The molecule has 0 spiro atoms. The number of carbonyl (C=O) groups excluding carboxylic acids is 2. The number of carboxylic acids is 1. The Morgan fingerprint density at radius 2 is 2.07 bits per heavy atom. The lowest BCUT2D eigenvalue weighted by Crippen LogP contribution is -2.25. The summed E-state index contributed by atoms with van der Waals surface area (Å²) < 4.78 is 4.62. The smallest absolute Gasteiger partial charge is 0.411 e. The molecule has 0 fully saturated rings. The lowest BCUT2D eigenvalue weighted by atomic mass is 10.2. The van der Waals surface area contributed by atoms with Crippen molar-refractivity contribution >= 4 is 17.7 Å². The van der Waals surface area contributed by atoms with Crippen molar-refractivity contribution in [2.75, 3.05) is 11.9 Å². The van der Waals surface area contributed by atoms with Gasteiger partial charge in [0.15, 0.2) is 0 Å². The van der Waals surface area contributed by atoms with Gasteiger partial charge in [-0.1, -0.05) is 18.2 Å². The fourth-order valence-corrected chi connectivity index (χ4v) is 1.05. The van der Waals surface area contributed by atoms with Gasteiger partial charge in [-0.25, -0.2) is 4.79 Å². The molecule has 1 N–H and O–H groups in total. The maximum Gasteiger partial charge on any atom is 0.411 e. The fraction of sp³-hybridized carbons (Fsp3) is 0.200. The Morgan fingerprint density at radius 1 is 1.40 bits per heavy atom. The average Bonchev–Trinajstić information content (AvgIpc) is 2.18. The maximum atomic E-state index is 11.0. The zero-order chi connectivity index (χ0) is 11.3. The summed E-state index contributed by atoms with van der Waals surface area (Å²) in [6, 6.07) is 5.95. The number of carboxylic acid groups (broad SMARTS) is 1. The summed E-state index contributed by atoms with van der Waals surface area (Å²) in [4.78, 5) is 21.7. The molecule has 0 aromatic heterocycles. The van der Waals surface area contributed by atoms with Gasteiger partial charge in [-0.2, -0.15) is 0 Å². The van der Waals surface area contributed by atoms with Crippen LogP contribution in [0.15, 0.2) is 24.3 Å². The molecule has 0 bridgehead atoms. The van der Waals surface area contributed by atoms with E-state index in [1.54, 1.807) is 19.1 Å². The summed E-state index contributed by atoms with van der Waals surface area (Å²) in [7, 11) is 0. The number of para-hydroxylation sites is 1. The van der Waals surface area contributed by atoms with Crippen molar-refractivity contribution in [3.05, 3.63) is 29.8 Å². The van der Waals surface area contributed by atoms with Gasteiger partial charge in [0, 0.05) is 5.56 Å². The van der Waals surface area contributed by atoms with E-state index >= 15 is 0 Å². The van der Waals surface area contributed by atoms with Crippen molar-refractivity contribution in [2.45, 2.75) is 6.92 Å². The van der Waals surface area contributed by atoms with E-state index in [1.807, 2.05) is 0 Å². The van der Waals surface area contributed by atoms with Gasteiger partial charge < -0.3 is 14.6 Å². The summed E-state index contributed by atoms with van der Waals surface area (Å²) in [6.45, 7) is 1.88. The third kappa shape index (κ3) is 2.98. The normalized spacial score (nSPS) is 9.40. The molecule has 0 saturated carbocycles. The number of ether oxygens (including phenoxy) is 1. The van der Waals surface area contributed by atoms with Crippen molar-refractivity contribution in [1.82, 2.24) is 0 Å². The number of amides is 1. The molecule has 5 heteroatoms. The lowest BCUT2D eigenvalue weighted by molar-refractivity contribution is -0.254. The summed E-state index contributed by atoms with van der Waals surface area (Å²) in [5, 5.41) is 13.0. The van der Waals surface area contributed by atoms with Crippen molar-refractivity contribution < 1.29 is 19.4 Å². The molecule has 0 heterocycles. The molecule has 1 amide bonds. The van der Waals surface area contributed by atoms with Crippen LogP contribution < -0.4 is 10.4 Å². The molecule has 0 aliphatic rings. The molecule has 1 aromatic rings. The number of benzene rings is 1. The van der Waals surface area contributed by atoms with Crippen molar-refractivity contribution in [2.24, 2.45) is 0 Å². The van der Waals surface area contributed by atoms with Crippen LogP contribution in [0.2, 0.25) is 0 Å². The van der Waals surface area contributed by atoms with E-state index in [2.05, 4.69) is 10.1 Å². The van der Waals surface area contributed by atoms with Gasteiger partial charge in [-0.05, 0) is 13.0 Å². The van der Waals surface area contributed by atoms with E-state index in [0.717, 1.165) is 0 Å². The molecule has 5 nitrogen and oxygen atoms in total. The van der Waals surface area contributed by atoms with Crippen LogP contribution in [0.25, 0.3) is 0 Å². The largest absolute Gasteiger partial charge is 0.545 e. The van der Waals surface area contributed by atoms with Gasteiger partial charge in [0.1, 0.15) is 0 Å². The minimum atomic E-state index is -1.35. The predicted octanol–water partition coefficient (Wildman–Crippen LogP) is 0.618. The highest BCUT2D eigenvalue weighted by Crippen LogP contribution is 2.13. The zero-order valence-electron chi connectivity index (χ0n) is 8.15. The number of hydrogen-bond donors (Lipinski definition) is 1. The lowest BCUT2D eigenvalue weighted by Gasteiger charge is -2.10. The molecule has 1 rings (SSSR count). The molecule has 0 radical (unpaired) electrons. The van der Waals surface area contributed by atoms with E-state index in [0.29, 0.717) is 0 Å². The van der Waals surface area contributed by atoms with Gasteiger partial charge in [0.05, 0.1) is 18.3 Å². The second kappa shape index (κ2) is 4.99. The molecule has 1 aromatic carbocycles. The van der Waals surface area contributed by atoms with Gasteiger partial charge in [-0.15, -0.1) is 0 Å². The molecule has 0 aliphatic carbocycles. The van der Waals surface area contributed by atoms with Crippen LogP contribution in [0.4, 0.5) is 10.5 Å². The summed E-state index contributed by atoms with van der Waals surface area (Å²) in [6.07, 6.45) is -0.689. The monoisotopic (exact) mass is 208 g/mol. The first kappa shape index (κ1) is 11.0. The molecular weight excluding hydrogens is 198 g/mol. The Hall–Kier alpha value is -2.04. The molecular formula is C10H10NO4-. The SMILES string of the molecule is CCOC(=O)Nc1ccccc1C(=O)[O-]. The van der Waals surface area contributed by atoms with Crippen LogP contribution in [0.5, 0.6) is 0 Å². The fourth-order valence-electron chi connectivity index (χ4n) is 1.05. The van der Waals surface area contributed by atoms with E-state index in [-0.39, 0.29) is 17.9 Å². The Balaban J connectivity index is 2.84. The van der Waals surface area contributed by atoms with Gasteiger partial charge in [-0.3, -0.25) is 5.32 Å². The second-order valence-electron chi connectivity index (χ2n) is 2.68. The Kier molecular flexibility index (Phi) is 3.68. The summed E-state index contributed by atoms with van der Waals surface area (Å²) in [5.41, 5.74) is 0.0847. The first-order valence-corrected chi connectivity index (χ1v) is 4.39. The zero-order valence-corrected chi connectivity index (χ0v) is 8.15. The minimum absolute atomic E-state index is 0.0782. The summed E-state index contributed by atoms with van der Waals surface area (Å²) >= 11 is 0. The Bertz CT molecular complexity index is 375. The molecule has 15 heavy (non-hydrogen) atoms. The molecule has 80 valence electrons. The highest BCUT2D eigenvalue weighted by atomic mass is 16.5. The van der Waals surface area contributed by atoms with Crippen LogP contribution >= 0.6 is 0 Å². The van der Waals surface area contributed by atoms with Crippen molar-refractivity contribution in [3.63, 3.8) is 0 Å².